The Balaban J connectivity index is 1.58. The Bertz CT molecular complexity index is 1060. The van der Waals surface area contributed by atoms with Crippen LogP contribution in [0.5, 0.6) is 0 Å². The van der Waals surface area contributed by atoms with Gasteiger partial charge < -0.3 is 5.32 Å². The van der Waals surface area contributed by atoms with E-state index in [1.807, 2.05) is 37.3 Å². The molecule has 152 valence electrons. The molecule has 8 nitrogen and oxygen atoms in total. The molecule has 0 saturated heterocycles. The van der Waals surface area contributed by atoms with E-state index in [9.17, 15) is 14.4 Å². The Morgan fingerprint density at radius 3 is 2.23 bits per heavy atom. The topological polar surface area (TPSA) is 104 Å². The molecule has 30 heavy (non-hydrogen) atoms. The number of anilines is 1. The molecule has 2 heterocycles. The smallest absolute Gasteiger partial charge is 0.317 e. The predicted octanol–water partition coefficient (Wildman–Crippen LogP) is 3.09. The summed E-state index contributed by atoms with van der Waals surface area (Å²) in [6.45, 7) is 1.95. The predicted molar refractivity (Wildman–Crippen MR) is 112 cm³/mol. The summed E-state index contributed by atoms with van der Waals surface area (Å²) in [5.74, 6) is -0.859. The maximum atomic E-state index is 12.9. The summed E-state index contributed by atoms with van der Waals surface area (Å²) in [5, 5.41) is 14.4. The minimum Gasteiger partial charge on any atom is -0.317 e. The van der Waals surface area contributed by atoms with Gasteiger partial charge in [0.25, 0.3) is 11.8 Å². The van der Waals surface area contributed by atoms with Gasteiger partial charge in [-0.1, -0.05) is 60.7 Å². The fourth-order valence-corrected chi connectivity index (χ4v) is 3.94. The second-order valence-electron chi connectivity index (χ2n) is 6.68. The van der Waals surface area contributed by atoms with Crippen LogP contribution in [0, 0.1) is 0 Å². The van der Waals surface area contributed by atoms with Crippen molar-refractivity contribution in [2.24, 2.45) is 0 Å². The van der Waals surface area contributed by atoms with Gasteiger partial charge in [0.15, 0.2) is 0 Å². The first-order valence-electron chi connectivity index (χ1n) is 9.47. The monoisotopic (exact) mass is 421 g/mol. The van der Waals surface area contributed by atoms with Crippen molar-refractivity contribution in [1.82, 2.24) is 20.4 Å². The summed E-state index contributed by atoms with van der Waals surface area (Å²) in [6, 6.07) is 15.4. The molecule has 0 saturated carbocycles. The Kier molecular flexibility index (Phi) is 5.53. The highest BCUT2D eigenvalue weighted by Crippen LogP contribution is 2.25. The second-order valence-corrected chi connectivity index (χ2v) is 7.75. The van der Waals surface area contributed by atoms with Crippen LogP contribution >= 0.6 is 11.3 Å². The number of rotatable bonds is 6. The van der Waals surface area contributed by atoms with Crippen LogP contribution in [0.1, 0.15) is 38.2 Å². The van der Waals surface area contributed by atoms with Crippen molar-refractivity contribution in [2.45, 2.75) is 25.9 Å². The Hall–Kier alpha value is -3.59. The van der Waals surface area contributed by atoms with Gasteiger partial charge in [-0.3, -0.25) is 19.8 Å². The maximum absolute atomic E-state index is 12.9. The van der Waals surface area contributed by atoms with E-state index in [4.69, 9.17) is 0 Å². The minimum atomic E-state index is -0.863. The molecule has 1 aliphatic heterocycles. The van der Waals surface area contributed by atoms with E-state index < -0.39 is 24.0 Å². The summed E-state index contributed by atoms with van der Waals surface area (Å²) < 4.78 is 0. The number of nitrogens with zero attached hydrogens (tertiary/aromatic N) is 3. The van der Waals surface area contributed by atoms with Gasteiger partial charge in [-0.2, -0.15) is 0 Å². The highest BCUT2D eigenvalue weighted by atomic mass is 32.1. The lowest BCUT2D eigenvalue weighted by Gasteiger charge is -2.27. The average molecular weight is 421 g/mol. The van der Waals surface area contributed by atoms with Gasteiger partial charge in [0, 0.05) is 6.42 Å². The second kappa shape index (κ2) is 8.42. The van der Waals surface area contributed by atoms with Crippen LogP contribution < -0.4 is 10.6 Å². The Morgan fingerprint density at radius 1 is 1.00 bits per heavy atom. The SMILES string of the molecule is CCc1nnc(NC(=O)NC(Cc2ccccc2)N2C(=O)c3ccccc3C2=O)s1. The summed E-state index contributed by atoms with van der Waals surface area (Å²) in [7, 11) is 0. The zero-order valence-electron chi connectivity index (χ0n) is 16.2. The minimum absolute atomic E-state index is 0.274. The summed E-state index contributed by atoms with van der Waals surface area (Å²) in [5.41, 5.74) is 1.54. The van der Waals surface area contributed by atoms with Crippen LogP contribution in [-0.2, 0) is 12.8 Å². The van der Waals surface area contributed by atoms with Crippen molar-refractivity contribution < 1.29 is 14.4 Å². The van der Waals surface area contributed by atoms with E-state index in [0.717, 1.165) is 15.5 Å². The number of hydrogen-bond acceptors (Lipinski definition) is 6. The number of fused-ring (bicyclic) bond motifs is 1. The highest BCUT2D eigenvalue weighted by molar-refractivity contribution is 7.15. The molecule has 3 aromatic rings. The van der Waals surface area contributed by atoms with Crippen molar-refractivity contribution >= 4 is 34.3 Å². The average Bonchev–Trinajstić information content (AvgIpc) is 3.31. The van der Waals surface area contributed by atoms with Crippen LogP contribution in [0.3, 0.4) is 0 Å². The quantitative estimate of drug-likeness (QED) is 0.595. The highest BCUT2D eigenvalue weighted by Gasteiger charge is 2.40. The third-order valence-electron chi connectivity index (χ3n) is 4.70. The number of urea groups is 1. The number of amides is 4. The molecule has 1 aliphatic rings. The maximum Gasteiger partial charge on any atom is 0.322 e. The lowest BCUT2D eigenvalue weighted by Crippen LogP contribution is -2.53. The van der Waals surface area contributed by atoms with Crippen LogP contribution in [0.15, 0.2) is 54.6 Å². The van der Waals surface area contributed by atoms with E-state index in [1.54, 1.807) is 24.3 Å². The van der Waals surface area contributed by atoms with E-state index in [2.05, 4.69) is 20.8 Å². The van der Waals surface area contributed by atoms with Gasteiger partial charge in [0.2, 0.25) is 5.13 Å². The molecule has 0 aliphatic carbocycles. The fraction of sp³-hybridized carbons (Fsp3) is 0.190. The molecule has 0 bridgehead atoms. The molecule has 0 spiro atoms. The molecule has 4 amide bonds. The van der Waals surface area contributed by atoms with Gasteiger partial charge in [0.05, 0.1) is 11.1 Å². The van der Waals surface area contributed by atoms with Crippen molar-refractivity contribution in [3.05, 3.63) is 76.3 Å². The molecule has 2 aromatic carbocycles. The van der Waals surface area contributed by atoms with Crippen molar-refractivity contribution in [2.75, 3.05) is 5.32 Å². The largest absolute Gasteiger partial charge is 0.322 e. The molecule has 4 rings (SSSR count). The molecule has 1 unspecified atom stereocenters. The van der Waals surface area contributed by atoms with E-state index >= 15 is 0 Å². The van der Waals surface area contributed by atoms with E-state index in [1.165, 1.54) is 11.3 Å². The van der Waals surface area contributed by atoms with Gasteiger partial charge >= 0.3 is 6.03 Å². The Labute approximate surface area is 176 Å². The van der Waals surface area contributed by atoms with Crippen LogP contribution in [0.4, 0.5) is 9.93 Å². The number of carbonyl (C=O) groups excluding carboxylic acids is 3. The first kappa shape index (κ1) is 19.7. The molecule has 1 aromatic heterocycles. The van der Waals surface area contributed by atoms with Crippen molar-refractivity contribution in [1.29, 1.82) is 0 Å². The first-order chi connectivity index (χ1) is 14.6. The van der Waals surface area contributed by atoms with Gasteiger partial charge in [0.1, 0.15) is 11.2 Å². The summed E-state index contributed by atoms with van der Waals surface area (Å²) >= 11 is 1.27. The number of nitrogens with one attached hydrogen (secondary N) is 2. The van der Waals surface area contributed by atoms with Gasteiger partial charge in [-0.25, -0.2) is 4.79 Å². The standard InChI is InChI=1S/C21H19N5O3S/c1-2-17-24-25-21(30-17)23-20(29)22-16(12-13-8-4-3-5-9-13)26-18(27)14-10-6-7-11-15(14)19(26)28/h3-11,16H,2,12H2,1H3,(H2,22,23,25,29). The molecule has 0 radical (unpaired) electrons. The zero-order chi connectivity index (χ0) is 21.1. The first-order valence-corrected chi connectivity index (χ1v) is 10.3. The number of imide groups is 1. The van der Waals surface area contributed by atoms with Crippen LogP contribution in [-0.4, -0.2) is 39.1 Å². The third kappa shape index (κ3) is 3.92. The van der Waals surface area contributed by atoms with Gasteiger partial charge in [-0.05, 0) is 24.1 Å². The summed E-state index contributed by atoms with van der Waals surface area (Å²) in [4.78, 5) is 39.6. The number of benzene rings is 2. The molecule has 2 N–H and O–H groups in total. The van der Waals surface area contributed by atoms with E-state index in [0.29, 0.717) is 22.7 Å². The molecular weight excluding hydrogens is 402 g/mol. The summed E-state index contributed by atoms with van der Waals surface area (Å²) in [6.07, 6.45) is 0.126. The number of carbonyl (C=O) groups is 3. The zero-order valence-corrected chi connectivity index (χ0v) is 17.0. The lowest BCUT2D eigenvalue weighted by molar-refractivity contribution is 0.0565. The number of aromatic nitrogens is 2. The van der Waals surface area contributed by atoms with Crippen molar-refractivity contribution in [3.8, 4) is 0 Å². The molecule has 0 fully saturated rings. The number of aryl methyl sites for hydroxylation is 1. The number of hydrogen-bond donors (Lipinski definition) is 2. The molecular formula is C21H19N5O3S. The van der Waals surface area contributed by atoms with Crippen molar-refractivity contribution in [3.63, 3.8) is 0 Å². The van der Waals surface area contributed by atoms with Crippen LogP contribution in [0.2, 0.25) is 0 Å². The Morgan fingerprint density at radius 2 is 1.63 bits per heavy atom. The molecule has 9 heteroatoms. The van der Waals surface area contributed by atoms with Gasteiger partial charge in [-0.15, -0.1) is 10.2 Å². The normalized spacial score (nSPS) is 13.8. The van der Waals surface area contributed by atoms with E-state index in [-0.39, 0.29) is 6.42 Å². The lowest BCUT2D eigenvalue weighted by atomic mass is 10.1. The van der Waals surface area contributed by atoms with Crippen LogP contribution in [0.25, 0.3) is 0 Å². The third-order valence-corrected chi connectivity index (χ3v) is 5.68. The fourth-order valence-electron chi connectivity index (χ4n) is 3.27. The molecule has 1 atom stereocenters.